The molecule has 0 bridgehead atoms. The number of nitrogens with zero attached hydrogens (tertiary/aromatic N) is 1. The average Bonchev–Trinajstić information content (AvgIpc) is 3.17. The lowest BCUT2D eigenvalue weighted by atomic mass is 10.1. The Morgan fingerprint density at radius 2 is 1.88 bits per heavy atom. The van der Waals surface area contributed by atoms with E-state index in [-0.39, 0.29) is 18.4 Å². The molecule has 2 aromatic carbocycles. The normalized spacial score (nSPS) is 11.8. The molecule has 0 saturated carbocycles. The first-order chi connectivity index (χ1) is 12.7. The second kappa shape index (κ2) is 8.34. The highest BCUT2D eigenvalue weighted by Gasteiger charge is 2.17. The first-order valence-corrected chi connectivity index (χ1v) is 8.72. The highest BCUT2D eigenvalue weighted by Crippen LogP contribution is 2.21. The number of benzene rings is 2. The molecule has 3 aromatic rings. The SMILES string of the molecule is CC[C@@H](NC(=O)Cc1ccccc1OC)c1ncc(-c2ccccc2)[nH]1. The highest BCUT2D eigenvalue weighted by molar-refractivity contribution is 5.79. The van der Waals surface area contributed by atoms with E-state index < -0.39 is 0 Å². The van der Waals surface area contributed by atoms with E-state index in [0.29, 0.717) is 0 Å². The van der Waals surface area contributed by atoms with Gasteiger partial charge in [0.1, 0.15) is 11.6 Å². The fourth-order valence-corrected chi connectivity index (χ4v) is 2.91. The Bertz CT molecular complexity index is 858. The summed E-state index contributed by atoms with van der Waals surface area (Å²) >= 11 is 0. The van der Waals surface area contributed by atoms with Gasteiger partial charge in [-0.15, -0.1) is 0 Å². The molecule has 0 radical (unpaired) electrons. The molecule has 0 aliphatic heterocycles. The van der Waals surface area contributed by atoms with Crippen molar-refractivity contribution in [1.29, 1.82) is 0 Å². The van der Waals surface area contributed by atoms with Crippen LogP contribution >= 0.6 is 0 Å². The van der Waals surface area contributed by atoms with Crippen LogP contribution in [0.3, 0.4) is 0 Å². The van der Waals surface area contributed by atoms with E-state index in [9.17, 15) is 4.79 Å². The quantitative estimate of drug-likeness (QED) is 0.680. The summed E-state index contributed by atoms with van der Waals surface area (Å²) in [4.78, 5) is 20.3. The molecule has 134 valence electrons. The number of methoxy groups -OCH3 is 1. The number of nitrogens with one attached hydrogen (secondary N) is 2. The van der Waals surface area contributed by atoms with Crippen molar-refractivity contribution in [2.45, 2.75) is 25.8 Å². The molecule has 26 heavy (non-hydrogen) atoms. The van der Waals surface area contributed by atoms with Crippen LogP contribution in [-0.4, -0.2) is 23.0 Å². The van der Waals surface area contributed by atoms with E-state index in [1.54, 1.807) is 13.3 Å². The number of carbonyl (C=O) groups excluding carboxylic acids is 1. The summed E-state index contributed by atoms with van der Waals surface area (Å²) in [5.41, 5.74) is 2.88. The molecule has 0 unspecified atom stereocenters. The number of amides is 1. The number of aromatic amines is 1. The molecule has 0 aliphatic carbocycles. The van der Waals surface area contributed by atoms with Crippen molar-refractivity contribution < 1.29 is 9.53 Å². The molecular weight excluding hydrogens is 326 g/mol. The second-order valence-electron chi connectivity index (χ2n) is 6.07. The van der Waals surface area contributed by atoms with Crippen LogP contribution in [0.5, 0.6) is 5.75 Å². The maximum atomic E-state index is 12.5. The monoisotopic (exact) mass is 349 g/mol. The lowest BCUT2D eigenvalue weighted by Crippen LogP contribution is -2.30. The smallest absolute Gasteiger partial charge is 0.225 e. The van der Waals surface area contributed by atoms with E-state index in [0.717, 1.165) is 34.8 Å². The van der Waals surface area contributed by atoms with Gasteiger partial charge in [0.2, 0.25) is 5.91 Å². The maximum absolute atomic E-state index is 12.5. The van der Waals surface area contributed by atoms with Gasteiger partial charge in [0.25, 0.3) is 0 Å². The Labute approximate surface area is 153 Å². The van der Waals surface area contributed by atoms with Crippen molar-refractivity contribution in [1.82, 2.24) is 15.3 Å². The van der Waals surface area contributed by atoms with E-state index in [4.69, 9.17) is 4.74 Å². The molecule has 3 rings (SSSR count). The minimum Gasteiger partial charge on any atom is -0.496 e. The molecule has 1 heterocycles. The van der Waals surface area contributed by atoms with Gasteiger partial charge < -0.3 is 15.0 Å². The Kier molecular flexibility index (Phi) is 5.69. The predicted octanol–water partition coefficient (Wildman–Crippen LogP) is 3.90. The number of para-hydroxylation sites is 1. The van der Waals surface area contributed by atoms with E-state index in [1.165, 1.54) is 0 Å². The average molecular weight is 349 g/mol. The first-order valence-electron chi connectivity index (χ1n) is 8.72. The largest absolute Gasteiger partial charge is 0.496 e. The van der Waals surface area contributed by atoms with Crippen LogP contribution in [-0.2, 0) is 11.2 Å². The Balaban J connectivity index is 1.69. The van der Waals surface area contributed by atoms with Crippen LogP contribution in [0.2, 0.25) is 0 Å². The third kappa shape index (κ3) is 4.11. The molecule has 1 atom stereocenters. The van der Waals surface area contributed by atoms with Crippen LogP contribution < -0.4 is 10.1 Å². The zero-order valence-corrected chi connectivity index (χ0v) is 15.0. The lowest BCUT2D eigenvalue weighted by Gasteiger charge is -2.15. The number of ether oxygens (including phenoxy) is 1. The number of rotatable bonds is 7. The summed E-state index contributed by atoms with van der Waals surface area (Å²) < 4.78 is 5.32. The zero-order valence-electron chi connectivity index (χ0n) is 15.0. The van der Waals surface area contributed by atoms with Gasteiger partial charge in [0.15, 0.2) is 0 Å². The lowest BCUT2D eigenvalue weighted by molar-refractivity contribution is -0.121. The van der Waals surface area contributed by atoms with Gasteiger partial charge in [0, 0.05) is 5.56 Å². The first kappa shape index (κ1) is 17.7. The standard InChI is InChI=1S/C21H23N3O2/c1-3-17(21-22-14-18(24-21)15-9-5-4-6-10-15)23-20(25)13-16-11-7-8-12-19(16)26-2/h4-12,14,17H,3,13H2,1-2H3,(H,22,24)(H,23,25)/t17-/m1/s1. The van der Waals surface area contributed by atoms with Gasteiger partial charge in [-0.25, -0.2) is 4.98 Å². The molecule has 0 fully saturated rings. The van der Waals surface area contributed by atoms with Crippen molar-refractivity contribution in [2.75, 3.05) is 7.11 Å². The van der Waals surface area contributed by atoms with Crippen molar-refractivity contribution in [2.24, 2.45) is 0 Å². The molecule has 5 nitrogen and oxygen atoms in total. The molecule has 0 saturated heterocycles. The van der Waals surface area contributed by atoms with E-state index >= 15 is 0 Å². The van der Waals surface area contributed by atoms with Crippen LogP contribution in [0.4, 0.5) is 0 Å². The van der Waals surface area contributed by atoms with Crippen molar-refractivity contribution in [3.05, 3.63) is 72.2 Å². The summed E-state index contributed by atoms with van der Waals surface area (Å²) in [6.45, 7) is 2.03. The van der Waals surface area contributed by atoms with Gasteiger partial charge in [-0.1, -0.05) is 55.5 Å². The zero-order chi connectivity index (χ0) is 18.4. The van der Waals surface area contributed by atoms with Crippen LogP contribution in [0.25, 0.3) is 11.3 Å². The van der Waals surface area contributed by atoms with Crippen LogP contribution in [0.15, 0.2) is 60.8 Å². The number of hydrogen-bond acceptors (Lipinski definition) is 3. The van der Waals surface area contributed by atoms with Crippen molar-refractivity contribution in [3.8, 4) is 17.0 Å². The highest BCUT2D eigenvalue weighted by atomic mass is 16.5. The van der Waals surface area contributed by atoms with Crippen molar-refractivity contribution in [3.63, 3.8) is 0 Å². The summed E-state index contributed by atoms with van der Waals surface area (Å²) in [5, 5.41) is 3.06. The fourth-order valence-electron chi connectivity index (χ4n) is 2.91. The van der Waals surface area contributed by atoms with Gasteiger partial charge in [-0.3, -0.25) is 4.79 Å². The minimum absolute atomic E-state index is 0.0565. The summed E-state index contributed by atoms with van der Waals surface area (Å²) in [6.07, 6.45) is 2.83. The topological polar surface area (TPSA) is 67.0 Å². The molecule has 1 amide bonds. The maximum Gasteiger partial charge on any atom is 0.225 e. The fraction of sp³-hybridized carbons (Fsp3) is 0.238. The van der Waals surface area contributed by atoms with E-state index in [1.807, 2.05) is 61.5 Å². The summed E-state index contributed by atoms with van der Waals surface area (Å²) in [7, 11) is 1.61. The third-order valence-electron chi connectivity index (χ3n) is 4.30. The Hall–Kier alpha value is -3.08. The molecule has 0 spiro atoms. The second-order valence-corrected chi connectivity index (χ2v) is 6.07. The molecule has 5 heteroatoms. The Morgan fingerprint density at radius 3 is 2.62 bits per heavy atom. The third-order valence-corrected chi connectivity index (χ3v) is 4.30. The number of H-pyrrole nitrogens is 1. The molecular formula is C21H23N3O2. The van der Waals surface area contributed by atoms with Crippen LogP contribution in [0, 0.1) is 0 Å². The number of imidazole rings is 1. The van der Waals surface area contributed by atoms with Gasteiger partial charge in [-0.2, -0.15) is 0 Å². The van der Waals surface area contributed by atoms with Gasteiger partial charge in [0.05, 0.1) is 31.5 Å². The van der Waals surface area contributed by atoms with Crippen LogP contribution in [0.1, 0.15) is 30.8 Å². The molecule has 2 N–H and O–H groups in total. The minimum atomic E-state index is -0.158. The summed E-state index contributed by atoms with van der Waals surface area (Å²) in [6, 6.07) is 17.4. The predicted molar refractivity (Wildman–Crippen MR) is 102 cm³/mol. The molecule has 0 aliphatic rings. The number of aromatic nitrogens is 2. The van der Waals surface area contributed by atoms with Gasteiger partial charge in [-0.05, 0) is 18.1 Å². The summed E-state index contributed by atoms with van der Waals surface area (Å²) in [5.74, 6) is 1.43. The molecule has 1 aromatic heterocycles. The van der Waals surface area contributed by atoms with Gasteiger partial charge >= 0.3 is 0 Å². The number of carbonyl (C=O) groups is 1. The Morgan fingerprint density at radius 1 is 1.15 bits per heavy atom. The van der Waals surface area contributed by atoms with E-state index in [2.05, 4.69) is 15.3 Å². The van der Waals surface area contributed by atoms with Crippen molar-refractivity contribution >= 4 is 5.91 Å². The number of hydrogen-bond donors (Lipinski definition) is 2.